The van der Waals surface area contributed by atoms with E-state index in [1.165, 1.54) is 44.9 Å². The fourth-order valence-corrected chi connectivity index (χ4v) is 1.12. The molecule has 0 fully saturated rings. The van der Waals surface area contributed by atoms with Crippen LogP contribution in [0.5, 0.6) is 0 Å². The van der Waals surface area contributed by atoms with Crippen LogP contribution in [0.2, 0.25) is 0 Å². The van der Waals surface area contributed by atoms with Gasteiger partial charge in [0, 0.05) is 0 Å². The number of allylic oxidation sites excluding steroid dienone is 4. The van der Waals surface area contributed by atoms with Crippen molar-refractivity contribution in [3.8, 4) is 0 Å². The van der Waals surface area contributed by atoms with E-state index in [1.807, 2.05) is 0 Å². The van der Waals surface area contributed by atoms with Crippen LogP contribution in [0.3, 0.4) is 0 Å². The summed E-state index contributed by atoms with van der Waals surface area (Å²) in [7, 11) is 0. The molecular weight excluding hydrogens is 156 g/mol. The van der Waals surface area contributed by atoms with Gasteiger partial charge in [0.25, 0.3) is 0 Å². The van der Waals surface area contributed by atoms with Crippen LogP contribution in [0.25, 0.3) is 0 Å². The van der Waals surface area contributed by atoms with Gasteiger partial charge in [-0.3, -0.25) is 0 Å². The zero-order valence-electron chi connectivity index (χ0n) is 9.18. The van der Waals surface area contributed by atoms with Gasteiger partial charge in [0.15, 0.2) is 0 Å². The van der Waals surface area contributed by atoms with Crippen LogP contribution in [0.15, 0.2) is 18.2 Å². The van der Waals surface area contributed by atoms with Gasteiger partial charge < -0.3 is 0 Å². The van der Waals surface area contributed by atoms with E-state index in [9.17, 15) is 0 Å². The van der Waals surface area contributed by atoms with Crippen LogP contribution in [0, 0.1) is 6.08 Å². The third kappa shape index (κ3) is 11.5. The Morgan fingerprint density at radius 3 is 2.38 bits per heavy atom. The molecular formula is C13H23. The molecule has 0 aliphatic rings. The van der Waals surface area contributed by atoms with Crippen molar-refractivity contribution in [2.24, 2.45) is 0 Å². The van der Waals surface area contributed by atoms with Crippen molar-refractivity contribution in [2.75, 3.05) is 0 Å². The van der Waals surface area contributed by atoms with E-state index in [0.717, 1.165) is 0 Å². The number of rotatable bonds is 8. The van der Waals surface area contributed by atoms with Gasteiger partial charge in [0.2, 0.25) is 0 Å². The first kappa shape index (κ1) is 12.5. The average Bonchev–Trinajstić information content (AvgIpc) is 2.16. The van der Waals surface area contributed by atoms with E-state index in [0.29, 0.717) is 0 Å². The molecule has 0 heterocycles. The summed E-state index contributed by atoms with van der Waals surface area (Å²) >= 11 is 0. The molecule has 0 saturated carbocycles. The molecule has 0 bridgehead atoms. The molecule has 0 unspecified atom stereocenters. The molecule has 0 aromatic heterocycles. The summed E-state index contributed by atoms with van der Waals surface area (Å²) in [6.07, 6.45) is 18.5. The van der Waals surface area contributed by atoms with Crippen molar-refractivity contribution in [3.05, 3.63) is 24.3 Å². The average molecular weight is 179 g/mol. The monoisotopic (exact) mass is 179 g/mol. The molecule has 0 aromatic rings. The maximum absolute atomic E-state index is 3.20. The first-order valence-corrected chi connectivity index (χ1v) is 5.64. The number of hydrogen-bond donors (Lipinski definition) is 0. The molecule has 0 rings (SSSR count). The summed E-state index contributed by atoms with van der Waals surface area (Å²) in [4.78, 5) is 0. The molecule has 0 amide bonds. The summed E-state index contributed by atoms with van der Waals surface area (Å²) in [5.41, 5.74) is 0. The number of hydrogen-bond acceptors (Lipinski definition) is 0. The standard InChI is InChI=1S/C13H23/c1-3-5-7-9-11-13-12-10-8-6-4-2/h9,11-12H,3-8,10H2,1-2H3. The minimum Gasteiger partial charge on any atom is -0.0839 e. The molecule has 13 heavy (non-hydrogen) atoms. The van der Waals surface area contributed by atoms with Gasteiger partial charge in [-0.05, 0) is 25.3 Å². The third-order valence-electron chi connectivity index (χ3n) is 2.01. The highest BCUT2D eigenvalue weighted by Gasteiger charge is 1.80. The highest BCUT2D eigenvalue weighted by Crippen LogP contribution is 1.99. The minimum atomic E-state index is 1.19. The summed E-state index contributed by atoms with van der Waals surface area (Å²) in [5, 5.41) is 0. The zero-order chi connectivity index (χ0) is 9.78. The summed E-state index contributed by atoms with van der Waals surface area (Å²) < 4.78 is 0. The lowest BCUT2D eigenvalue weighted by Crippen LogP contribution is -1.70. The second-order valence-electron chi connectivity index (χ2n) is 3.41. The molecule has 75 valence electrons. The summed E-state index contributed by atoms with van der Waals surface area (Å²) in [5.74, 6) is 0. The second kappa shape index (κ2) is 11.5. The smallest absolute Gasteiger partial charge is 0.0230 e. The molecule has 0 saturated heterocycles. The molecule has 0 atom stereocenters. The van der Waals surface area contributed by atoms with Crippen molar-refractivity contribution in [1.29, 1.82) is 0 Å². The Morgan fingerprint density at radius 2 is 1.69 bits per heavy atom. The van der Waals surface area contributed by atoms with Gasteiger partial charge in [-0.15, -0.1) is 0 Å². The Kier molecular flexibility index (Phi) is 11.0. The highest BCUT2D eigenvalue weighted by atomic mass is 13.9. The summed E-state index contributed by atoms with van der Waals surface area (Å²) in [6, 6.07) is 0. The van der Waals surface area contributed by atoms with E-state index >= 15 is 0 Å². The van der Waals surface area contributed by atoms with E-state index in [1.54, 1.807) is 0 Å². The molecule has 1 radical (unpaired) electrons. The molecule has 0 aliphatic carbocycles. The van der Waals surface area contributed by atoms with Gasteiger partial charge in [-0.2, -0.15) is 0 Å². The van der Waals surface area contributed by atoms with Crippen molar-refractivity contribution >= 4 is 0 Å². The van der Waals surface area contributed by atoms with E-state index in [-0.39, 0.29) is 0 Å². The van der Waals surface area contributed by atoms with Gasteiger partial charge in [0.05, 0.1) is 0 Å². The first-order chi connectivity index (χ1) is 6.41. The fraction of sp³-hybridized carbons (Fsp3) is 0.692. The quantitative estimate of drug-likeness (QED) is 0.375. The van der Waals surface area contributed by atoms with Gasteiger partial charge in [-0.25, -0.2) is 0 Å². The molecule has 0 aliphatic heterocycles. The zero-order valence-corrected chi connectivity index (χ0v) is 9.18. The van der Waals surface area contributed by atoms with Crippen LogP contribution in [0.1, 0.15) is 58.8 Å². The second-order valence-corrected chi connectivity index (χ2v) is 3.41. The largest absolute Gasteiger partial charge is 0.0839 e. The Hall–Kier alpha value is -0.520. The Morgan fingerprint density at radius 1 is 0.923 bits per heavy atom. The lowest BCUT2D eigenvalue weighted by molar-refractivity contribution is 0.728. The lowest BCUT2D eigenvalue weighted by Gasteiger charge is -1.89. The summed E-state index contributed by atoms with van der Waals surface area (Å²) in [6.45, 7) is 4.45. The normalized spacial score (nSPS) is 11.8. The predicted octanol–water partition coefficient (Wildman–Crippen LogP) is 4.67. The first-order valence-electron chi connectivity index (χ1n) is 5.64. The Balaban J connectivity index is 3.15. The molecule has 0 spiro atoms. The lowest BCUT2D eigenvalue weighted by atomic mass is 10.2. The Bertz CT molecular complexity index is 131. The maximum Gasteiger partial charge on any atom is -0.0230 e. The third-order valence-corrected chi connectivity index (χ3v) is 2.01. The van der Waals surface area contributed by atoms with Crippen LogP contribution in [-0.2, 0) is 0 Å². The van der Waals surface area contributed by atoms with Crippen LogP contribution in [-0.4, -0.2) is 0 Å². The van der Waals surface area contributed by atoms with Gasteiger partial charge in [0.1, 0.15) is 0 Å². The van der Waals surface area contributed by atoms with E-state index in [4.69, 9.17) is 0 Å². The van der Waals surface area contributed by atoms with E-state index < -0.39 is 0 Å². The minimum absolute atomic E-state index is 1.19. The van der Waals surface area contributed by atoms with Crippen molar-refractivity contribution in [2.45, 2.75) is 58.8 Å². The topological polar surface area (TPSA) is 0 Å². The molecule has 0 nitrogen and oxygen atoms in total. The molecule has 0 N–H and O–H groups in total. The fourth-order valence-electron chi connectivity index (χ4n) is 1.12. The molecule has 0 aromatic carbocycles. The van der Waals surface area contributed by atoms with Crippen molar-refractivity contribution in [3.63, 3.8) is 0 Å². The van der Waals surface area contributed by atoms with Crippen molar-refractivity contribution in [1.82, 2.24) is 0 Å². The van der Waals surface area contributed by atoms with Gasteiger partial charge >= 0.3 is 0 Å². The van der Waals surface area contributed by atoms with Crippen LogP contribution >= 0.6 is 0 Å². The highest BCUT2D eigenvalue weighted by molar-refractivity contribution is 4.94. The molecule has 0 heteroatoms. The predicted molar refractivity (Wildman–Crippen MR) is 60.6 cm³/mol. The number of unbranched alkanes of at least 4 members (excludes halogenated alkanes) is 5. The SMILES string of the molecule is CCCCC=C/[C]=C/CCCCC. The van der Waals surface area contributed by atoms with Gasteiger partial charge in [-0.1, -0.05) is 57.8 Å². The van der Waals surface area contributed by atoms with E-state index in [2.05, 4.69) is 38.2 Å². The maximum atomic E-state index is 3.20. The van der Waals surface area contributed by atoms with Crippen LogP contribution < -0.4 is 0 Å². The van der Waals surface area contributed by atoms with Crippen LogP contribution in [0.4, 0.5) is 0 Å². The van der Waals surface area contributed by atoms with Crippen molar-refractivity contribution < 1.29 is 0 Å². The Labute approximate surface area is 83.7 Å².